The number of thioether (sulfide) groups is 1. The number of para-hydroxylation sites is 1. The zero-order valence-corrected chi connectivity index (χ0v) is 23.4. The van der Waals surface area contributed by atoms with Crippen LogP contribution in [-0.4, -0.2) is 61.7 Å². The highest BCUT2D eigenvalue weighted by Crippen LogP contribution is 2.68. The van der Waals surface area contributed by atoms with E-state index in [4.69, 9.17) is 11.6 Å². The van der Waals surface area contributed by atoms with Gasteiger partial charge in [-0.1, -0.05) is 76.9 Å². The number of aliphatic hydroxyl groups is 1. The number of nitrogens with one attached hydrogen (secondary N) is 2. The van der Waals surface area contributed by atoms with E-state index in [9.17, 15) is 19.5 Å². The summed E-state index contributed by atoms with van der Waals surface area (Å²) in [5.41, 5.74) is 1.18. The molecule has 5 rings (SSSR count). The number of amides is 3. The summed E-state index contributed by atoms with van der Waals surface area (Å²) >= 11 is 11.7. The summed E-state index contributed by atoms with van der Waals surface area (Å²) in [6, 6.07) is 14.5. The number of anilines is 1. The fourth-order valence-corrected chi connectivity index (χ4v) is 9.94. The Morgan fingerprint density at radius 2 is 1.89 bits per heavy atom. The zero-order chi connectivity index (χ0) is 26.3. The highest BCUT2D eigenvalue weighted by Gasteiger charge is 2.76. The standard InChI is InChI=1S/C27H29BrClN3O4S/c1-2-12-30-24(34)20-21-26(36)32(19(14-33)15-8-4-3-5-9-15)23(27(21)13-16(28)22(20)37-27)25(35)31-18-11-7-6-10-17(18)29/h3-11,16,19-23,33H,2,12-14H2,1H3,(H,30,34)(H,31,35)/t16?,19-,20+,21+,22+,23?,27?/m1/s1. The van der Waals surface area contributed by atoms with Gasteiger partial charge >= 0.3 is 0 Å². The Bertz CT molecular complexity index is 1200. The molecular weight excluding hydrogens is 578 g/mol. The van der Waals surface area contributed by atoms with E-state index in [1.165, 1.54) is 4.90 Å². The smallest absolute Gasteiger partial charge is 0.248 e. The third-order valence-corrected chi connectivity index (χ3v) is 11.2. The van der Waals surface area contributed by atoms with E-state index in [0.717, 1.165) is 12.0 Å². The number of benzene rings is 2. The molecule has 2 aromatic rings. The number of hydrogen-bond donors (Lipinski definition) is 3. The number of halogens is 2. The number of likely N-dealkylation sites (tertiary alicyclic amines) is 1. The Morgan fingerprint density at radius 3 is 2.57 bits per heavy atom. The summed E-state index contributed by atoms with van der Waals surface area (Å²) in [5, 5.41) is 16.7. The van der Waals surface area contributed by atoms with Gasteiger partial charge in [-0.05, 0) is 30.5 Å². The van der Waals surface area contributed by atoms with Gasteiger partial charge in [-0.15, -0.1) is 11.8 Å². The molecule has 10 heteroatoms. The molecule has 2 bridgehead atoms. The van der Waals surface area contributed by atoms with Gasteiger partial charge in [0.2, 0.25) is 17.7 Å². The molecule has 3 N–H and O–H groups in total. The first-order valence-corrected chi connectivity index (χ1v) is 14.6. The van der Waals surface area contributed by atoms with E-state index >= 15 is 0 Å². The van der Waals surface area contributed by atoms with E-state index in [1.54, 1.807) is 36.0 Å². The molecule has 0 aromatic heterocycles. The van der Waals surface area contributed by atoms with Crippen molar-refractivity contribution < 1.29 is 19.5 Å². The lowest BCUT2D eigenvalue weighted by Crippen LogP contribution is -2.53. The number of hydrogen-bond acceptors (Lipinski definition) is 5. The lowest BCUT2D eigenvalue weighted by Gasteiger charge is -2.37. The van der Waals surface area contributed by atoms with E-state index in [0.29, 0.717) is 23.7 Å². The molecule has 3 aliphatic rings. The van der Waals surface area contributed by atoms with Crippen molar-refractivity contribution in [2.24, 2.45) is 11.8 Å². The third kappa shape index (κ3) is 4.37. The second kappa shape index (κ2) is 10.6. The van der Waals surface area contributed by atoms with E-state index in [2.05, 4.69) is 26.6 Å². The van der Waals surface area contributed by atoms with Gasteiger partial charge in [-0.3, -0.25) is 14.4 Å². The molecule has 37 heavy (non-hydrogen) atoms. The Morgan fingerprint density at radius 1 is 1.19 bits per heavy atom. The third-order valence-electron chi connectivity index (χ3n) is 7.65. The van der Waals surface area contributed by atoms with Crippen LogP contribution in [0.25, 0.3) is 0 Å². The van der Waals surface area contributed by atoms with Gasteiger partial charge in [0.15, 0.2) is 0 Å². The predicted octanol–water partition coefficient (Wildman–Crippen LogP) is 4.00. The largest absolute Gasteiger partial charge is 0.394 e. The summed E-state index contributed by atoms with van der Waals surface area (Å²) in [7, 11) is 0. The average molecular weight is 607 g/mol. The molecule has 7 nitrogen and oxygen atoms in total. The maximum absolute atomic E-state index is 14.3. The van der Waals surface area contributed by atoms with E-state index < -0.39 is 28.7 Å². The van der Waals surface area contributed by atoms with Crippen molar-refractivity contribution in [3.63, 3.8) is 0 Å². The lowest BCUT2D eigenvalue weighted by atomic mass is 9.70. The van der Waals surface area contributed by atoms with E-state index in [1.807, 2.05) is 37.3 Å². The topological polar surface area (TPSA) is 98.7 Å². The highest BCUT2D eigenvalue weighted by molar-refractivity contribution is 9.09. The van der Waals surface area contributed by atoms with Crippen LogP contribution in [0.4, 0.5) is 5.69 Å². The van der Waals surface area contributed by atoms with Gasteiger partial charge in [0, 0.05) is 16.6 Å². The summed E-state index contributed by atoms with van der Waals surface area (Å²) in [4.78, 5) is 43.2. The van der Waals surface area contributed by atoms with Gasteiger partial charge in [0.25, 0.3) is 0 Å². The fraction of sp³-hybridized carbons (Fsp3) is 0.444. The molecule has 3 saturated heterocycles. The molecule has 3 unspecified atom stereocenters. The number of carbonyl (C=O) groups excluding carboxylic acids is 3. The van der Waals surface area contributed by atoms with Gasteiger partial charge in [-0.2, -0.15) is 0 Å². The van der Waals surface area contributed by atoms with Crippen LogP contribution in [0.2, 0.25) is 5.02 Å². The molecule has 3 aliphatic heterocycles. The summed E-state index contributed by atoms with van der Waals surface area (Å²) < 4.78 is -0.822. The van der Waals surface area contributed by atoms with Crippen molar-refractivity contribution in [2.75, 3.05) is 18.5 Å². The Hall–Kier alpha value is -2.07. The SMILES string of the molecule is CCCNC(=O)[C@H]1[C@H]2C(=O)N([C@H](CO)c3ccccc3)C(C(=O)Nc3ccccc3Cl)C23CC(Br)[C@@H]1S3. The van der Waals surface area contributed by atoms with Crippen LogP contribution in [0.3, 0.4) is 0 Å². The van der Waals surface area contributed by atoms with Crippen LogP contribution < -0.4 is 10.6 Å². The number of fused-ring (bicyclic) bond motifs is 1. The first-order valence-electron chi connectivity index (χ1n) is 12.5. The average Bonchev–Trinajstić information content (AvgIpc) is 3.49. The minimum atomic E-state index is -0.905. The maximum atomic E-state index is 14.3. The molecule has 7 atom stereocenters. The first kappa shape index (κ1) is 26.5. The summed E-state index contributed by atoms with van der Waals surface area (Å²) in [6.07, 6.45) is 1.34. The summed E-state index contributed by atoms with van der Waals surface area (Å²) in [5.74, 6) is -2.05. The molecule has 3 fully saturated rings. The highest BCUT2D eigenvalue weighted by atomic mass is 79.9. The molecule has 0 aliphatic carbocycles. The number of aliphatic hydroxyl groups excluding tert-OH is 1. The number of rotatable bonds is 8. The van der Waals surface area contributed by atoms with Crippen LogP contribution in [0.15, 0.2) is 54.6 Å². The van der Waals surface area contributed by atoms with Crippen molar-refractivity contribution in [1.29, 1.82) is 0 Å². The number of nitrogens with zero attached hydrogens (tertiary/aromatic N) is 1. The Balaban J connectivity index is 1.60. The Kier molecular flexibility index (Phi) is 7.60. The Labute approximate surface area is 233 Å². The molecule has 196 valence electrons. The van der Waals surface area contributed by atoms with Crippen LogP contribution in [-0.2, 0) is 14.4 Å². The van der Waals surface area contributed by atoms with Crippen LogP contribution in [0.5, 0.6) is 0 Å². The minimum Gasteiger partial charge on any atom is -0.394 e. The van der Waals surface area contributed by atoms with Crippen molar-refractivity contribution in [3.05, 3.63) is 65.2 Å². The van der Waals surface area contributed by atoms with Gasteiger partial charge in [-0.25, -0.2) is 0 Å². The molecule has 2 aromatic carbocycles. The van der Waals surface area contributed by atoms with Crippen LogP contribution in [0.1, 0.15) is 31.4 Å². The molecule has 0 radical (unpaired) electrons. The predicted molar refractivity (Wildman–Crippen MR) is 149 cm³/mol. The monoisotopic (exact) mass is 605 g/mol. The van der Waals surface area contributed by atoms with E-state index in [-0.39, 0.29) is 34.4 Å². The van der Waals surface area contributed by atoms with Crippen molar-refractivity contribution in [1.82, 2.24) is 10.2 Å². The van der Waals surface area contributed by atoms with Crippen LogP contribution in [0, 0.1) is 11.8 Å². The maximum Gasteiger partial charge on any atom is 0.248 e. The zero-order valence-electron chi connectivity index (χ0n) is 20.3. The van der Waals surface area contributed by atoms with Crippen LogP contribution >= 0.6 is 39.3 Å². The molecular formula is C27H29BrClN3O4S. The molecule has 1 spiro atoms. The van der Waals surface area contributed by atoms with Gasteiger partial charge < -0.3 is 20.6 Å². The van der Waals surface area contributed by atoms with Gasteiger partial charge in [0.1, 0.15) is 6.04 Å². The first-order chi connectivity index (χ1) is 17.8. The second-order valence-electron chi connectivity index (χ2n) is 9.78. The van der Waals surface area contributed by atoms with Crippen molar-refractivity contribution >= 4 is 62.7 Å². The quantitative estimate of drug-likeness (QED) is 0.395. The molecule has 3 heterocycles. The van der Waals surface area contributed by atoms with Crippen molar-refractivity contribution in [2.45, 2.75) is 46.7 Å². The second-order valence-corrected chi connectivity index (χ2v) is 12.9. The number of carbonyl (C=O) groups is 3. The lowest BCUT2D eigenvalue weighted by molar-refractivity contribution is -0.142. The fourth-order valence-electron chi connectivity index (χ4n) is 6.16. The molecule has 3 amide bonds. The number of alkyl halides is 1. The molecule has 0 saturated carbocycles. The minimum absolute atomic E-state index is 0.0289. The van der Waals surface area contributed by atoms with Crippen molar-refractivity contribution in [3.8, 4) is 0 Å². The summed E-state index contributed by atoms with van der Waals surface area (Å²) in [6.45, 7) is 2.15. The van der Waals surface area contributed by atoms with Gasteiger partial charge in [0.05, 0.1) is 39.9 Å². The normalized spacial score (nSPS) is 30.8.